The first-order valence-electron chi connectivity index (χ1n) is 6.36. The van der Waals surface area contributed by atoms with Crippen molar-refractivity contribution in [1.29, 1.82) is 0 Å². The molecule has 2 aromatic rings. The summed E-state index contributed by atoms with van der Waals surface area (Å²) in [6, 6.07) is 3.97. The van der Waals surface area contributed by atoms with E-state index in [4.69, 9.17) is 0 Å². The minimum atomic E-state index is 0.170. The molecule has 0 saturated carbocycles. The number of rotatable bonds is 6. The van der Waals surface area contributed by atoms with Gasteiger partial charge in [0.15, 0.2) is 5.78 Å². The Kier molecular flexibility index (Phi) is 4.31. The highest BCUT2D eigenvalue weighted by atomic mass is 32.1. The fourth-order valence-electron chi connectivity index (χ4n) is 1.90. The summed E-state index contributed by atoms with van der Waals surface area (Å²) in [5.74, 6) is 1.04. The van der Waals surface area contributed by atoms with Crippen LogP contribution in [0.1, 0.15) is 40.6 Å². The lowest BCUT2D eigenvalue weighted by Gasteiger charge is -2.04. The molecule has 2 aromatic heterocycles. The summed E-state index contributed by atoms with van der Waals surface area (Å²) >= 11 is 1.60. The van der Waals surface area contributed by atoms with Crippen LogP contribution in [-0.2, 0) is 19.4 Å². The highest BCUT2D eigenvalue weighted by molar-refractivity contribution is 7.14. The van der Waals surface area contributed by atoms with Crippen molar-refractivity contribution in [3.05, 3.63) is 40.1 Å². The molecule has 0 fully saturated rings. The van der Waals surface area contributed by atoms with Crippen molar-refractivity contribution < 1.29 is 4.79 Å². The third kappa shape index (κ3) is 2.88. The van der Waals surface area contributed by atoms with Crippen LogP contribution in [0, 0.1) is 0 Å². The molecule has 2 heterocycles. The van der Waals surface area contributed by atoms with Crippen LogP contribution in [-0.4, -0.2) is 15.3 Å². The van der Waals surface area contributed by atoms with Gasteiger partial charge in [-0.3, -0.25) is 4.79 Å². The van der Waals surface area contributed by atoms with Crippen molar-refractivity contribution in [2.75, 3.05) is 0 Å². The predicted molar refractivity (Wildman–Crippen MR) is 74.2 cm³/mol. The van der Waals surface area contributed by atoms with Crippen molar-refractivity contribution in [2.24, 2.45) is 0 Å². The minimum absolute atomic E-state index is 0.170. The van der Waals surface area contributed by atoms with Gasteiger partial charge in [-0.1, -0.05) is 13.8 Å². The van der Waals surface area contributed by atoms with E-state index in [2.05, 4.69) is 23.4 Å². The van der Waals surface area contributed by atoms with E-state index in [9.17, 15) is 4.79 Å². The van der Waals surface area contributed by atoms with Gasteiger partial charge in [0.25, 0.3) is 0 Å². The first-order valence-corrected chi connectivity index (χ1v) is 7.18. The molecule has 0 bridgehead atoms. The average molecular weight is 262 g/mol. The Morgan fingerprint density at radius 1 is 1.39 bits per heavy atom. The van der Waals surface area contributed by atoms with Crippen LogP contribution in [0.15, 0.2) is 24.5 Å². The molecule has 0 N–H and O–H groups in total. The van der Waals surface area contributed by atoms with Crippen LogP contribution < -0.4 is 0 Å². The molecule has 0 aromatic carbocycles. The Morgan fingerprint density at radius 2 is 2.22 bits per heavy atom. The van der Waals surface area contributed by atoms with Gasteiger partial charge in [-0.25, -0.2) is 4.98 Å². The van der Waals surface area contributed by atoms with E-state index in [0.717, 1.165) is 30.1 Å². The number of thiophene rings is 1. The van der Waals surface area contributed by atoms with Gasteiger partial charge in [-0.05, 0) is 25.0 Å². The molecule has 96 valence electrons. The Bertz CT molecular complexity index is 527. The molecule has 3 nitrogen and oxygen atoms in total. The lowest BCUT2D eigenvalue weighted by molar-refractivity contribution is 0.0993. The standard InChI is InChI=1S/C14H18N2OS/c1-3-8-16-9-7-15-14(16)10-12(17)13-6-5-11(4-2)18-13/h5-7,9H,3-4,8,10H2,1-2H3. The van der Waals surface area contributed by atoms with E-state index in [1.54, 1.807) is 17.5 Å². The van der Waals surface area contributed by atoms with Gasteiger partial charge < -0.3 is 4.57 Å². The number of aryl methyl sites for hydroxylation is 2. The van der Waals surface area contributed by atoms with E-state index in [1.807, 2.05) is 18.3 Å². The topological polar surface area (TPSA) is 34.9 Å². The van der Waals surface area contributed by atoms with E-state index in [0.29, 0.717) is 6.42 Å². The van der Waals surface area contributed by atoms with Crippen LogP contribution in [0.4, 0.5) is 0 Å². The van der Waals surface area contributed by atoms with Gasteiger partial charge in [-0.2, -0.15) is 0 Å². The lowest BCUT2D eigenvalue weighted by atomic mass is 10.2. The first kappa shape index (κ1) is 13.0. The van der Waals surface area contributed by atoms with Crippen molar-refractivity contribution >= 4 is 17.1 Å². The lowest BCUT2D eigenvalue weighted by Crippen LogP contribution is -2.09. The summed E-state index contributed by atoms with van der Waals surface area (Å²) in [6.07, 6.45) is 6.15. The van der Waals surface area contributed by atoms with Crippen molar-refractivity contribution in [2.45, 2.75) is 39.7 Å². The number of aromatic nitrogens is 2. The SMILES string of the molecule is CCCn1ccnc1CC(=O)c1ccc(CC)s1. The van der Waals surface area contributed by atoms with Crippen LogP contribution in [0.2, 0.25) is 0 Å². The average Bonchev–Trinajstić information content (AvgIpc) is 2.99. The zero-order valence-corrected chi connectivity index (χ0v) is 11.7. The largest absolute Gasteiger partial charge is 0.335 e. The Hall–Kier alpha value is -1.42. The van der Waals surface area contributed by atoms with Crippen molar-refractivity contribution in [3.8, 4) is 0 Å². The molecule has 18 heavy (non-hydrogen) atoms. The molecule has 2 rings (SSSR count). The molecule has 0 amide bonds. The number of imidazole rings is 1. The number of carbonyl (C=O) groups is 1. The molecule has 0 unspecified atom stereocenters. The van der Waals surface area contributed by atoms with Crippen LogP contribution in [0.3, 0.4) is 0 Å². The normalized spacial score (nSPS) is 10.8. The van der Waals surface area contributed by atoms with Crippen molar-refractivity contribution in [1.82, 2.24) is 9.55 Å². The summed E-state index contributed by atoms with van der Waals surface area (Å²) < 4.78 is 2.06. The first-order chi connectivity index (χ1) is 8.74. The molecule has 0 spiro atoms. The summed E-state index contributed by atoms with van der Waals surface area (Å²) in [6.45, 7) is 5.15. The summed E-state index contributed by atoms with van der Waals surface area (Å²) in [7, 11) is 0. The van der Waals surface area contributed by atoms with Gasteiger partial charge in [0.2, 0.25) is 0 Å². The molecular weight excluding hydrogens is 244 g/mol. The quantitative estimate of drug-likeness (QED) is 0.748. The fourth-order valence-corrected chi connectivity index (χ4v) is 2.79. The monoisotopic (exact) mass is 262 g/mol. The molecule has 0 aliphatic rings. The zero-order chi connectivity index (χ0) is 13.0. The van der Waals surface area contributed by atoms with Gasteiger partial charge in [0.1, 0.15) is 5.82 Å². The van der Waals surface area contributed by atoms with Gasteiger partial charge in [0.05, 0.1) is 11.3 Å². The molecule has 4 heteroatoms. The van der Waals surface area contributed by atoms with Gasteiger partial charge in [-0.15, -0.1) is 11.3 Å². The second-order valence-corrected chi connectivity index (χ2v) is 5.42. The number of Topliss-reactive ketones (excluding diaryl/α,β-unsaturated/α-hetero) is 1. The molecule has 0 aliphatic carbocycles. The smallest absolute Gasteiger partial charge is 0.180 e. The minimum Gasteiger partial charge on any atom is -0.335 e. The Morgan fingerprint density at radius 3 is 2.89 bits per heavy atom. The number of hydrogen-bond donors (Lipinski definition) is 0. The molecular formula is C14H18N2OS. The third-order valence-corrected chi connectivity index (χ3v) is 4.14. The maximum atomic E-state index is 12.2. The summed E-state index contributed by atoms with van der Waals surface area (Å²) in [5, 5.41) is 0. The summed E-state index contributed by atoms with van der Waals surface area (Å²) in [5.41, 5.74) is 0. The van der Waals surface area contributed by atoms with E-state index < -0.39 is 0 Å². The number of ketones is 1. The molecule has 0 aliphatic heterocycles. The highest BCUT2D eigenvalue weighted by Crippen LogP contribution is 2.18. The van der Waals surface area contributed by atoms with E-state index in [-0.39, 0.29) is 5.78 Å². The number of hydrogen-bond acceptors (Lipinski definition) is 3. The molecule has 0 atom stereocenters. The van der Waals surface area contributed by atoms with Gasteiger partial charge in [0, 0.05) is 23.8 Å². The van der Waals surface area contributed by atoms with Crippen LogP contribution in [0.25, 0.3) is 0 Å². The number of nitrogens with zero attached hydrogens (tertiary/aromatic N) is 2. The highest BCUT2D eigenvalue weighted by Gasteiger charge is 2.13. The fraction of sp³-hybridized carbons (Fsp3) is 0.429. The van der Waals surface area contributed by atoms with E-state index in [1.165, 1.54) is 4.88 Å². The van der Waals surface area contributed by atoms with E-state index >= 15 is 0 Å². The Labute approximate surface area is 111 Å². The summed E-state index contributed by atoms with van der Waals surface area (Å²) in [4.78, 5) is 18.5. The maximum Gasteiger partial charge on any atom is 0.180 e. The Balaban J connectivity index is 2.08. The second kappa shape index (κ2) is 5.96. The zero-order valence-electron chi connectivity index (χ0n) is 10.8. The predicted octanol–water partition coefficient (Wildman–Crippen LogP) is 3.34. The van der Waals surface area contributed by atoms with Crippen LogP contribution in [0.5, 0.6) is 0 Å². The third-order valence-electron chi connectivity index (χ3n) is 2.87. The van der Waals surface area contributed by atoms with Crippen molar-refractivity contribution in [3.63, 3.8) is 0 Å². The molecule has 0 saturated heterocycles. The molecule has 0 radical (unpaired) electrons. The van der Waals surface area contributed by atoms with Gasteiger partial charge >= 0.3 is 0 Å². The van der Waals surface area contributed by atoms with Crippen LogP contribution >= 0.6 is 11.3 Å². The maximum absolute atomic E-state index is 12.2. The number of carbonyl (C=O) groups excluding carboxylic acids is 1. The second-order valence-electron chi connectivity index (χ2n) is 4.26.